The van der Waals surface area contributed by atoms with Crippen LogP contribution in [0.1, 0.15) is 50.2 Å². The molecule has 0 aromatic heterocycles. The maximum Gasteiger partial charge on any atom is 0.191 e. The summed E-state index contributed by atoms with van der Waals surface area (Å²) in [5, 5.41) is 6.94. The van der Waals surface area contributed by atoms with E-state index in [1.165, 1.54) is 76.0 Å². The van der Waals surface area contributed by atoms with Gasteiger partial charge in [0.1, 0.15) is 0 Å². The van der Waals surface area contributed by atoms with E-state index in [1.807, 2.05) is 7.05 Å². The number of hydrogen-bond acceptors (Lipinski definition) is 3. The summed E-state index contributed by atoms with van der Waals surface area (Å²) in [6.45, 7) is 11.4. The van der Waals surface area contributed by atoms with Gasteiger partial charge in [0.2, 0.25) is 0 Å². The second-order valence-electron chi connectivity index (χ2n) is 8.32. The van der Waals surface area contributed by atoms with Gasteiger partial charge in [-0.1, -0.05) is 31.2 Å². The Bertz CT molecular complexity index is 584. The summed E-state index contributed by atoms with van der Waals surface area (Å²) in [4.78, 5) is 9.48. The predicted molar refractivity (Wildman–Crippen MR) is 119 cm³/mol. The van der Waals surface area contributed by atoms with Crippen molar-refractivity contribution in [1.82, 2.24) is 20.4 Å². The first-order chi connectivity index (χ1) is 13.8. The van der Waals surface area contributed by atoms with Gasteiger partial charge in [-0.3, -0.25) is 9.89 Å². The van der Waals surface area contributed by atoms with Gasteiger partial charge >= 0.3 is 0 Å². The molecule has 28 heavy (non-hydrogen) atoms. The molecule has 2 aliphatic heterocycles. The lowest BCUT2D eigenvalue weighted by atomic mass is 9.93. The third-order valence-corrected chi connectivity index (χ3v) is 6.31. The monoisotopic (exact) mass is 385 g/mol. The molecular weight excluding hydrogens is 346 g/mol. The van der Waals surface area contributed by atoms with Crippen LogP contribution in [-0.4, -0.2) is 62.1 Å². The highest BCUT2D eigenvalue weighted by atomic mass is 15.2. The molecule has 0 radical (unpaired) electrons. The van der Waals surface area contributed by atoms with Crippen molar-refractivity contribution >= 4 is 5.96 Å². The minimum absolute atomic E-state index is 0.818. The van der Waals surface area contributed by atoms with E-state index in [0.717, 1.165) is 31.5 Å². The highest BCUT2D eigenvalue weighted by Crippen LogP contribution is 2.19. The van der Waals surface area contributed by atoms with Crippen molar-refractivity contribution in [2.75, 3.05) is 46.3 Å². The zero-order valence-electron chi connectivity index (χ0n) is 17.9. The first kappa shape index (κ1) is 21.1. The first-order valence-corrected chi connectivity index (χ1v) is 11.2. The minimum atomic E-state index is 0.818. The number of hydrogen-bond donors (Lipinski definition) is 2. The Morgan fingerprint density at radius 2 is 1.64 bits per heavy atom. The fourth-order valence-electron chi connectivity index (χ4n) is 4.35. The number of piperidine rings is 1. The zero-order valence-corrected chi connectivity index (χ0v) is 17.9. The van der Waals surface area contributed by atoms with Crippen LogP contribution in [0.2, 0.25) is 0 Å². The molecule has 0 atom stereocenters. The predicted octanol–water partition coefficient (Wildman–Crippen LogP) is 3.07. The van der Waals surface area contributed by atoms with Crippen molar-refractivity contribution in [2.24, 2.45) is 10.9 Å². The Morgan fingerprint density at radius 3 is 2.29 bits per heavy atom. The third kappa shape index (κ3) is 6.78. The summed E-state index contributed by atoms with van der Waals surface area (Å²) in [5.74, 6) is 1.77. The van der Waals surface area contributed by atoms with Gasteiger partial charge < -0.3 is 15.5 Å². The van der Waals surface area contributed by atoms with Gasteiger partial charge in [0, 0.05) is 26.7 Å². The van der Waals surface area contributed by atoms with Gasteiger partial charge in [-0.2, -0.15) is 0 Å². The zero-order chi connectivity index (χ0) is 19.6. The van der Waals surface area contributed by atoms with Crippen molar-refractivity contribution in [2.45, 2.75) is 52.1 Å². The molecule has 5 heteroatoms. The molecule has 5 nitrogen and oxygen atoms in total. The standard InChI is InChI=1S/C23H39N5/c1-3-27-16-11-20(12-17-27)10-13-25-23(24-2)26-18-21-6-8-22(9-7-21)19-28-14-4-5-15-28/h6-9,20H,3-5,10-19H2,1-2H3,(H2,24,25,26). The Kier molecular flexibility index (Phi) is 8.62. The van der Waals surface area contributed by atoms with Crippen LogP contribution in [0.25, 0.3) is 0 Å². The number of nitrogens with one attached hydrogen (secondary N) is 2. The molecule has 0 bridgehead atoms. The molecule has 0 spiro atoms. The van der Waals surface area contributed by atoms with Crippen LogP contribution in [0.15, 0.2) is 29.3 Å². The average molecular weight is 386 g/mol. The van der Waals surface area contributed by atoms with E-state index in [9.17, 15) is 0 Å². The van der Waals surface area contributed by atoms with Crippen LogP contribution in [0.5, 0.6) is 0 Å². The van der Waals surface area contributed by atoms with Crippen LogP contribution in [0.4, 0.5) is 0 Å². The number of aliphatic imine (C=N–C) groups is 1. The van der Waals surface area contributed by atoms with Crippen LogP contribution in [-0.2, 0) is 13.1 Å². The number of benzene rings is 1. The molecule has 2 saturated heterocycles. The molecule has 2 fully saturated rings. The summed E-state index contributed by atoms with van der Waals surface area (Å²) in [6, 6.07) is 9.03. The van der Waals surface area contributed by atoms with Crippen molar-refractivity contribution in [1.29, 1.82) is 0 Å². The quantitative estimate of drug-likeness (QED) is 0.533. The highest BCUT2D eigenvalue weighted by molar-refractivity contribution is 5.79. The number of nitrogens with zero attached hydrogens (tertiary/aromatic N) is 3. The summed E-state index contributed by atoms with van der Waals surface area (Å²) >= 11 is 0. The molecule has 0 saturated carbocycles. The lowest BCUT2D eigenvalue weighted by Gasteiger charge is -2.31. The topological polar surface area (TPSA) is 42.9 Å². The molecule has 1 aromatic rings. The van der Waals surface area contributed by atoms with Gasteiger partial charge in [0.15, 0.2) is 5.96 Å². The van der Waals surface area contributed by atoms with E-state index in [1.54, 1.807) is 0 Å². The molecule has 2 aliphatic rings. The van der Waals surface area contributed by atoms with Gasteiger partial charge in [-0.25, -0.2) is 0 Å². The molecule has 2 heterocycles. The van der Waals surface area contributed by atoms with E-state index in [2.05, 4.69) is 56.6 Å². The maximum absolute atomic E-state index is 4.38. The molecule has 1 aromatic carbocycles. The van der Waals surface area contributed by atoms with E-state index in [0.29, 0.717) is 0 Å². The molecule has 3 rings (SSSR count). The Balaban J connectivity index is 1.33. The van der Waals surface area contributed by atoms with Gasteiger partial charge in [-0.05, 0) is 81.9 Å². The van der Waals surface area contributed by atoms with Crippen molar-refractivity contribution < 1.29 is 0 Å². The number of rotatable bonds is 8. The third-order valence-electron chi connectivity index (χ3n) is 6.31. The van der Waals surface area contributed by atoms with Crippen LogP contribution >= 0.6 is 0 Å². The van der Waals surface area contributed by atoms with E-state index >= 15 is 0 Å². The van der Waals surface area contributed by atoms with Gasteiger partial charge in [0.25, 0.3) is 0 Å². The van der Waals surface area contributed by atoms with Crippen molar-refractivity contribution in [3.63, 3.8) is 0 Å². The normalized spacial score (nSPS) is 19.9. The van der Waals surface area contributed by atoms with E-state index in [4.69, 9.17) is 0 Å². The summed E-state index contributed by atoms with van der Waals surface area (Å²) in [6.07, 6.45) is 6.62. The second-order valence-corrected chi connectivity index (χ2v) is 8.32. The second kappa shape index (κ2) is 11.4. The molecule has 0 aliphatic carbocycles. The lowest BCUT2D eigenvalue weighted by molar-refractivity contribution is 0.187. The van der Waals surface area contributed by atoms with Crippen LogP contribution in [0.3, 0.4) is 0 Å². The number of likely N-dealkylation sites (tertiary alicyclic amines) is 2. The van der Waals surface area contributed by atoms with Crippen LogP contribution in [0, 0.1) is 5.92 Å². The Morgan fingerprint density at radius 1 is 0.964 bits per heavy atom. The largest absolute Gasteiger partial charge is 0.356 e. The van der Waals surface area contributed by atoms with Crippen LogP contribution < -0.4 is 10.6 Å². The minimum Gasteiger partial charge on any atom is -0.356 e. The van der Waals surface area contributed by atoms with Gasteiger partial charge in [-0.15, -0.1) is 0 Å². The first-order valence-electron chi connectivity index (χ1n) is 11.2. The molecule has 156 valence electrons. The fraction of sp³-hybridized carbons (Fsp3) is 0.696. The maximum atomic E-state index is 4.38. The molecule has 0 unspecified atom stereocenters. The number of guanidine groups is 1. The highest BCUT2D eigenvalue weighted by Gasteiger charge is 2.17. The molecule has 2 N–H and O–H groups in total. The van der Waals surface area contributed by atoms with Crippen molar-refractivity contribution in [3.05, 3.63) is 35.4 Å². The van der Waals surface area contributed by atoms with Gasteiger partial charge in [0.05, 0.1) is 0 Å². The SMILES string of the molecule is CCN1CCC(CCNC(=NC)NCc2ccc(CN3CCCC3)cc2)CC1. The summed E-state index contributed by atoms with van der Waals surface area (Å²) in [5.41, 5.74) is 2.72. The fourth-order valence-corrected chi connectivity index (χ4v) is 4.35. The average Bonchev–Trinajstić information content (AvgIpc) is 3.25. The van der Waals surface area contributed by atoms with Crippen molar-refractivity contribution in [3.8, 4) is 0 Å². The Labute approximate surface area is 171 Å². The summed E-state index contributed by atoms with van der Waals surface area (Å²) in [7, 11) is 1.86. The van der Waals surface area contributed by atoms with E-state index in [-0.39, 0.29) is 0 Å². The summed E-state index contributed by atoms with van der Waals surface area (Å²) < 4.78 is 0. The molecule has 0 amide bonds. The molecular formula is C23H39N5. The lowest BCUT2D eigenvalue weighted by Crippen LogP contribution is -2.39. The smallest absolute Gasteiger partial charge is 0.191 e. The Hall–Kier alpha value is -1.59. The van der Waals surface area contributed by atoms with E-state index < -0.39 is 0 Å².